The van der Waals surface area contributed by atoms with Gasteiger partial charge in [-0.15, -0.1) is 0 Å². The molecule has 1 unspecified atom stereocenters. The van der Waals surface area contributed by atoms with Crippen LogP contribution >= 0.6 is 0 Å². The molecule has 1 atom stereocenters. The quantitative estimate of drug-likeness (QED) is 0.914. The maximum absolute atomic E-state index is 11.6. The maximum Gasteiger partial charge on any atom is 0.311 e. The number of rotatable bonds is 3. The summed E-state index contributed by atoms with van der Waals surface area (Å²) in [6.07, 6.45) is 7.43. The number of carbonyl (C=O) groups is 1. The molecule has 108 valence electrons. The molecule has 5 nitrogen and oxygen atoms in total. The summed E-state index contributed by atoms with van der Waals surface area (Å²) < 4.78 is 0. The largest absolute Gasteiger partial charge is 0.481 e. The lowest BCUT2D eigenvalue weighted by Gasteiger charge is -2.26. The highest BCUT2D eigenvalue weighted by Crippen LogP contribution is 2.38. The van der Waals surface area contributed by atoms with Crippen molar-refractivity contribution in [2.45, 2.75) is 45.4 Å². The number of anilines is 1. The molecule has 5 heteroatoms. The molecule has 0 saturated carbocycles. The van der Waals surface area contributed by atoms with Gasteiger partial charge in [-0.25, -0.2) is 9.97 Å². The molecule has 2 aliphatic rings. The molecule has 0 spiro atoms. The number of nitrogens with zero attached hydrogens (tertiary/aromatic N) is 3. The van der Waals surface area contributed by atoms with Crippen LogP contribution in [0.3, 0.4) is 0 Å². The maximum atomic E-state index is 11.6. The van der Waals surface area contributed by atoms with Crippen LogP contribution in [0.4, 0.5) is 5.82 Å². The topological polar surface area (TPSA) is 66.3 Å². The highest BCUT2D eigenvalue weighted by molar-refractivity contribution is 5.76. The minimum absolute atomic E-state index is 0.572. The van der Waals surface area contributed by atoms with E-state index in [4.69, 9.17) is 0 Å². The van der Waals surface area contributed by atoms with Gasteiger partial charge in [-0.2, -0.15) is 0 Å². The van der Waals surface area contributed by atoms with Crippen LogP contribution in [0.15, 0.2) is 6.33 Å². The first-order valence-electron chi connectivity index (χ1n) is 7.47. The second-order valence-corrected chi connectivity index (χ2v) is 5.94. The summed E-state index contributed by atoms with van der Waals surface area (Å²) in [5, 5.41) is 9.51. The smallest absolute Gasteiger partial charge is 0.311 e. The SMILES string of the molecule is CCC1(C(=O)O)CCN(c2ncnc3c2CCCC3)C1. The van der Waals surface area contributed by atoms with Crippen molar-refractivity contribution < 1.29 is 9.90 Å². The molecule has 0 amide bonds. The Morgan fingerprint density at radius 2 is 2.20 bits per heavy atom. The molecule has 3 rings (SSSR count). The predicted octanol–water partition coefficient (Wildman–Crippen LogP) is 2.05. The lowest BCUT2D eigenvalue weighted by Crippen LogP contribution is -2.34. The fourth-order valence-electron chi connectivity index (χ4n) is 3.44. The normalized spacial score (nSPS) is 25.6. The Morgan fingerprint density at radius 1 is 1.40 bits per heavy atom. The van der Waals surface area contributed by atoms with Gasteiger partial charge in [-0.3, -0.25) is 4.79 Å². The highest BCUT2D eigenvalue weighted by atomic mass is 16.4. The third kappa shape index (κ3) is 2.05. The predicted molar refractivity (Wildman–Crippen MR) is 75.9 cm³/mol. The Morgan fingerprint density at radius 3 is 2.90 bits per heavy atom. The van der Waals surface area contributed by atoms with E-state index < -0.39 is 11.4 Å². The van der Waals surface area contributed by atoms with Gasteiger partial charge in [0.1, 0.15) is 12.1 Å². The number of fused-ring (bicyclic) bond motifs is 1. The van der Waals surface area contributed by atoms with Crippen LogP contribution in [0.25, 0.3) is 0 Å². The van der Waals surface area contributed by atoms with Gasteiger partial charge in [0.2, 0.25) is 0 Å². The van der Waals surface area contributed by atoms with E-state index in [0.29, 0.717) is 19.4 Å². The van der Waals surface area contributed by atoms with Crippen molar-refractivity contribution >= 4 is 11.8 Å². The fraction of sp³-hybridized carbons (Fsp3) is 0.667. The lowest BCUT2D eigenvalue weighted by molar-refractivity contribution is -0.147. The molecule has 1 aromatic heterocycles. The van der Waals surface area contributed by atoms with E-state index in [1.807, 2.05) is 6.92 Å². The molecule has 1 N–H and O–H groups in total. The highest BCUT2D eigenvalue weighted by Gasteiger charge is 2.44. The second-order valence-electron chi connectivity index (χ2n) is 5.94. The van der Waals surface area contributed by atoms with Crippen LogP contribution < -0.4 is 4.90 Å². The van der Waals surface area contributed by atoms with E-state index in [1.165, 1.54) is 18.4 Å². The van der Waals surface area contributed by atoms with Gasteiger partial charge >= 0.3 is 5.97 Å². The Kier molecular flexibility index (Phi) is 3.36. The van der Waals surface area contributed by atoms with Crippen LogP contribution in [0.5, 0.6) is 0 Å². The zero-order valence-corrected chi connectivity index (χ0v) is 11.9. The zero-order valence-electron chi connectivity index (χ0n) is 11.9. The van der Waals surface area contributed by atoms with Gasteiger partial charge in [-0.05, 0) is 38.5 Å². The molecule has 0 bridgehead atoms. The van der Waals surface area contributed by atoms with Crippen LogP contribution in [-0.4, -0.2) is 34.1 Å². The molecule has 1 aliphatic carbocycles. The average Bonchev–Trinajstić information content (AvgIpc) is 2.92. The number of hydrogen-bond donors (Lipinski definition) is 1. The van der Waals surface area contributed by atoms with Gasteiger partial charge in [0.15, 0.2) is 0 Å². The van der Waals surface area contributed by atoms with Gasteiger partial charge in [-0.1, -0.05) is 6.92 Å². The Labute approximate surface area is 119 Å². The molecule has 0 radical (unpaired) electrons. The first-order valence-corrected chi connectivity index (χ1v) is 7.47. The zero-order chi connectivity index (χ0) is 14.2. The van der Waals surface area contributed by atoms with E-state index in [-0.39, 0.29) is 0 Å². The van der Waals surface area contributed by atoms with Gasteiger partial charge in [0.05, 0.1) is 5.41 Å². The van der Waals surface area contributed by atoms with E-state index in [9.17, 15) is 9.90 Å². The van der Waals surface area contributed by atoms with Crippen molar-refractivity contribution in [2.24, 2.45) is 5.41 Å². The molecule has 2 heterocycles. The number of carboxylic acid groups (broad SMARTS) is 1. The standard InChI is InChI=1S/C15H21N3O2/c1-2-15(14(19)20)7-8-18(9-15)13-11-5-3-4-6-12(11)16-10-17-13/h10H,2-9H2,1H3,(H,19,20). The third-order valence-electron chi connectivity index (χ3n) is 4.89. The van der Waals surface area contributed by atoms with Crippen molar-refractivity contribution in [3.8, 4) is 0 Å². The van der Waals surface area contributed by atoms with Crippen molar-refractivity contribution in [1.82, 2.24) is 9.97 Å². The van der Waals surface area contributed by atoms with Crippen molar-refractivity contribution in [3.63, 3.8) is 0 Å². The average molecular weight is 275 g/mol. The number of carboxylic acids is 1. The molecular weight excluding hydrogens is 254 g/mol. The van der Waals surface area contributed by atoms with E-state index in [0.717, 1.165) is 30.9 Å². The minimum Gasteiger partial charge on any atom is -0.481 e. The summed E-state index contributed by atoms with van der Waals surface area (Å²) in [7, 11) is 0. The van der Waals surface area contributed by atoms with Gasteiger partial charge in [0, 0.05) is 24.3 Å². The van der Waals surface area contributed by atoms with Crippen LogP contribution in [-0.2, 0) is 17.6 Å². The van der Waals surface area contributed by atoms with Crippen molar-refractivity contribution in [3.05, 3.63) is 17.6 Å². The Balaban J connectivity index is 1.90. The van der Waals surface area contributed by atoms with Crippen LogP contribution in [0.2, 0.25) is 0 Å². The number of hydrogen-bond acceptors (Lipinski definition) is 4. The summed E-state index contributed by atoms with van der Waals surface area (Å²) in [6.45, 7) is 3.32. The van der Waals surface area contributed by atoms with E-state index in [1.54, 1.807) is 6.33 Å². The molecule has 1 aromatic rings. The molecule has 1 aliphatic heterocycles. The first kappa shape index (κ1) is 13.3. The summed E-state index contributed by atoms with van der Waals surface area (Å²) in [6, 6.07) is 0. The molecule has 0 aromatic carbocycles. The lowest BCUT2D eigenvalue weighted by atomic mass is 9.84. The number of aryl methyl sites for hydroxylation is 1. The van der Waals surface area contributed by atoms with Crippen LogP contribution in [0, 0.1) is 5.41 Å². The minimum atomic E-state index is -0.676. The van der Waals surface area contributed by atoms with Crippen molar-refractivity contribution in [2.75, 3.05) is 18.0 Å². The van der Waals surface area contributed by atoms with E-state index in [2.05, 4.69) is 14.9 Å². The molecule has 20 heavy (non-hydrogen) atoms. The Hall–Kier alpha value is -1.65. The molecular formula is C15H21N3O2. The third-order valence-corrected chi connectivity index (χ3v) is 4.89. The number of aliphatic carboxylic acids is 1. The fourth-order valence-corrected chi connectivity index (χ4v) is 3.44. The van der Waals surface area contributed by atoms with E-state index >= 15 is 0 Å². The van der Waals surface area contributed by atoms with Gasteiger partial charge in [0.25, 0.3) is 0 Å². The first-order chi connectivity index (χ1) is 9.66. The monoisotopic (exact) mass is 275 g/mol. The van der Waals surface area contributed by atoms with Crippen LogP contribution in [0.1, 0.15) is 43.9 Å². The summed E-state index contributed by atoms with van der Waals surface area (Å²) >= 11 is 0. The Bertz CT molecular complexity index is 532. The molecule has 1 saturated heterocycles. The second kappa shape index (κ2) is 5.04. The van der Waals surface area contributed by atoms with Crippen molar-refractivity contribution in [1.29, 1.82) is 0 Å². The summed E-state index contributed by atoms with van der Waals surface area (Å²) in [4.78, 5) is 22.6. The number of aromatic nitrogens is 2. The summed E-state index contributed by atoms with van der Waals surface area (Å²) in [5.74, 6) is 0.302. The summed E-state index contributed by atoms with van der Waals surface area (Å²) in [5.41, 5.74) is 1.80. The van der Waals surface area contributed by atoms with Gasteiger partial charge < -0.3 is 10.0 Å². The molecule has 1 fully saturated rings.